The van der Waals surface area contributed by atoms with E-state index in [0.29, 0.717) is 22.8 Å². The van der Waals surface area contributed by atoms with Crippen LogP contribution in [0.15, 0.2) is 64.0 Å². The minimum atomic E-state index is -0.266. The zero-order chi connectivity index (χ0) is 22.9. The number of nitrogens with zero attached hydrogens (tertiary/aromatic N) is 4. The molecule has 0 saturated carbocycles. The van der Waals surface area contributed by atoms with Crippen LogP contribution >= 0.6 is 34.4 Å². The van der Waals surface area contributed by atoms with E-state index in [4.69, 9.17) is 9.97 Å². The second kappa shape index (κ2) is 9.17. The number of benzene rings is 1. The molecule has 1 aromatic carbocycles. The van der Waals surface area contributed by atoms with Gasteiger partial charge in [-0.2, -0.15) is 0 Å². The van der Waals surface area contributed by atoms with Gasteiger partial charge in [0.25, 0.3) is 5.56 Å². The average molecular weight is 495 g/mol. The zero-order valence-electron chi connectivity index (χ0n) is 17.9. The predicted molar refractivity (Wildman–Crippen MR) is 134 cm³/mol. The smallest absolute Gasteiger partial charge is 0.263 e. The Bertz CT molecular complexity index is 1490. The Hall–Kier alpha value is -2.88. The molecule has 0 radical (unpaired) electrons. The van der Waals surface area contributed by atoms with Gasteiger partial charge in [0.05, 0.1) is 23.3 Å². The summed E-state index contributed by atoms with van der Waals surface area (Å²) in [6.07, 6.45) is 1.73. The second-order valence-electron chi connectivity index (χ2n) is 7.51. The number of thiazole rings is 1. The molecule has 0 amide bonds. The molecular formula is C24H19FN4OS3. The number of thioether (sulfide) groups is 1. The summed E-state index contributed by atoms with van der Waals surface area (Å²) in [4.78, 5) is 29.3. The molecule has 0 saturated heterocycles. The number of hydrogen-bond acceptors (Lipinski definition) is 7. The molecule has 5 nitrogen and oxygen atoms in total. The summed E-state index contributed by atoms with van der Waals surface area (Å²) in [5, 5.41) is 4.16. The largest absolute Gasteiger partial charge is 0.281 e. The maximum Gasteiger partial charge on any atom is 0.263 e. The highest BCUT2D eigenvalue weighted by molar-refractivity contribution is 7.98. The van der Waals surface area contributed by atoms with Crippen LogP contribution in [0.5, 0.6) is 0 Å². The van der Waals surface area contributed by atoms with Gasteiger partial charge in [-0.15, -0.1) is 22.7 Å². The Morgan fingerprint density at radius 1 is 1.06 bits per heavy atom. The molecule has 0 atom stereocenters. The van der Waals surface area contributed by atoms with E-state index >= 15 is 0 Å². The van der Waals surface area contributed by atoms with Crippen molar-refractivity contribution in [2.45, 2.75) is 31.3 Å². The first-order valence-electron chi connectivity index (χ1n) is 10.2. The fourth-order valence-electron chi connectivity index (χ4n) is 3.45. The second-order valence-corrected chi connectivity index (χ2v) is 10.5. The maximum atomic E-state index is 13.5. The Morgan fingerprint density at radius 2 is 1.88 bits per heavy atom. The van der Waals surface area contributed by atoms with Crippen molar-refractivity contribution in [1.82, 2.24) is 19.5 Å². The number of halogens is 1. The zero-order valence-corrected chi connectivity index (χ0v) is 20.4. The van der Waals surface area contributed by atoms with Gasteiger partial charge in [0, 0.05) is 27.8 Å². The normalized spacial score (nSPS) is 11.4. The van der Waals surface area contributed by atoms with Gasteiger partial charge in [-0.1, -0.05) is 17.8 Å². The van der Waals surface area contributed by atoms with Gasteiger partial charge in [-0.25, -0.2) is 14.4 Å². The van der Waals surface area contributed by atoms with Crippen molar-refractivity contribution in [3.63, 3.8) is 0 Å². The molecule has 5 aromatic rings. The molecule has 166 valence electrons. The van der Waals surface area contributed by atoms with Gasteiger partial charge in [0.15, 0.2) is 5.16 Å². The van der Waals surface area contributed by atoms with Gasteiger partial charge >= 0.3 is 0 Å². The Kier molecular flexibility index (Phi) is 6.09. The van der Waals surface area contributed by atoms with Crippen molar-refractivity contribution in [2.75, 3.05) is 0 Å². The van der Waals surface area contributed by atoms with Crippen LogP contribution < -0.4 is 5.56 Å². The first-order valence-corrected chi connectivity index (χ1v) is 12.9. The number of hydrogen-bond donors (Lipinski definition) is 0. The molecule has 0 aliphatic heterocycles. The summed E-state index contributed by atoms with van der Waals surface area (Å²) in [6.45, 7) is 4.35. The molecule has 0 aliphatic carbocycles. The van der Waals surface area contributed by atoms with Gasteiger partial charge in [0.2, 0.25) is 0 Å². The lowest BCUT2D eigenvalue weighted by Crippen LogP contribution is -2.24. The van der Waals surface area contributed by atoms with Crippen LogP contribution in [0.25, 0.3) is 20.8 Å². The standard InChI is InChI=1S/C24H19FN4OS3/c1-14-15(2)33-22-20(14)23(30)29(11-18-5-3-4-10-26-18)24(28-22)32-13-19-12-31-21(27-19)16-6-8-17(25)9-7-16/h3-10,12H,11,13H2,1-2H3. The molecule has 0 unspecified atom stereocenters. The lowest BCUT2D eigenvalue weighted by Gasteiger charge is -2.11. The molecule has 4 aromatic heterocycles. The molecule has 0 spiro atoms. The first kappa shape index (κ1) is 21.9. The lowest BCUT2D eigenvalue weighted by atomic mass is 10.2. The van der Waals surface area contributed by atoms with E-state index in [-0.39, 0.29) is 11.4 Å². The Labute approximate surface area is 202 Å². The fraction of sp³-hybridized carbons (Fsp3) is 0.167. The highest BCUT2D eigenvalue weighted by Gasteiger charge is 2.18. The molecule has 0 fully saturated rings. The summed E-state index contributed by atoms with van der Waals surface area (Å²) in [5.41, 5.74) is 3.53. The third-order valence-corrected chi connectivity index (χ3v) is 8.34. The third kappa shape index (κ3) is 4.48. The van der Waals surface area contributed by atoms with E-state index < -0.39 is 0 Å². The molecule has 0 aliphatic rings. The minimum Gasteiger partial charge on any atom is -0.281 e. The molecule has 0 N–H and O–H groups in total. The molecule has 5 rings (SSSR count). The predicted octanol–water partition coefficient (Wildman–Crippen LogP) is 6.07. The lowest BCUT2D eigenvalue weighted by molar-refractivity contribution is 0.628. The van der Waals surface area contributed by atoms with Crippen LogP contribution in [0.4, 0.5) is 4.39 Å². The Morgan fingerprint density at radius 3 is 2.64 bits per heavy atom. The molecule has 33 heavy (non-hydrogen) atoms. The summed E-state index contributed by atoms with van der Waals surface area (Å²) < 4.78 is 14.9. The third-order valence-electron chi connectivity index (χ3n) is 5.29. The van der Waals surface area contributed by atoms with E-state index in [1.807, 2.05) is 37.4 Å². The van der Waals surface area contributed by atoms with Gasteiger partial charge < -0.3 is 0 Å². The molecule has 9 heteroatoms. The summed E-state index contributed by atoms with van der Waals surface area (Å²) in [6, 6.07) is 12.0. The maximum absolute atomic E-state index is 13.5. The van der Waals surface area contributed by atoms with Crippen molar-refractivity contribution in [2.24, 2.45) is 0 Å². The Balaban J connectivity index is 1.47. The van der Waals surface area contributed by atoms with Crippen molar-refractivity contribution in [1.29, 1.82) is 0 Å². The summed E-state index contributed by atoms with van der Waals surface area (Å²) in [7, 11) is 0. The van der Waals surface area contributed by atoms with Crippen molar-refractivity contribution < 1.29 is 4.39 Å². The highest BCUT2D eigenvalue weighted by atomic mass is 32.2. The van der Waals surface area contributed by atoms with E-state index in [1.165, 1.54) is 35.2 Å². The van der Waals surface area contributed by atoms with Crippen molar-refractivity contribution >= 4 is 44.7 Å². The van der Waals surface area contributed by atoms with Crippen LogP contribution in [-0.2, 0) is 12.3 Å². The minimum absolute atomic E-state index is 0.0414. The quantitative estimate of drug-likeness (QED) is 0.212. The topological polar surface area (TPSA) is 60.7 Å². The highest BCUT2D eigenvalue weighted by Crippen LogP contribution is 2.31. The number of aryl methyl sites for hydroxylation is 2. The van der Waals surface area contributed by atoms with E-state index in [0.717, 1.165) is 37.2 Å². The van der Waals surface area contributed by atoms with Crippen LogP contribution in [0.2, 0.25) is 0 Å². The number of aromatic nitrogens is 4. The van der Waals surface area contributed by atoms with Crippen LogP contribution in [0, 0.1) is 19.7 Å². The molecule has 0 bridgehead atoms. The van der Waals surface area contributed by atoms with Crippen molar-refractivity contribution in [3.8, 4) is 10.6 Å². The first-order chi connectivity index (χ1) is 16.0. The summed E-state index contributed by atoms with van der Waals surface area (Å²) >= 11 is 4.56. The van der Waals surface area contributed by atoms with Gasteiger partial charge in [-0.3, -0.25) is 14.3 Å². The number of rotatable bonds is 6. The fourth-order valence-corrected chi connectivity index (χ4v) is 6.34. The van der Waals surface area contributed by atoms with E-state index in [1.54, 1.807) is 34.2 Å². The van der Waals surface area contributed by atoms with E-state index in [2.05, 4.69) is 4.98 Å². The van der Waals surface area contributed by atoms with Crippen LogP contribution in [0.3, 0.4) is 0 Å². The number of fused-ring (bicyclic) bond motifs is 1. The van der Waals surface area contributed by atoms with Crippen LogP contribution in [0.1, 0.15) is 21.8 Å². The van der Waals surface area contributed by atoms with Gasteiger partial charge in [-0.05, 0) is 55.8 Å². The number of thiophene rings is 1. The summed E-state index contributed by atoms with van der Waals surface area (Å²) in [5.74, 6) is 0.304. The van der Waals surface area contributed by atoms with Gasteiger partial charge in [0.1, 0.15) is 15.7 Å². The SMILES string of the molecule is Cc1sc2nc(SCc3csc(-c4ccc(F)cc4)n3)n(Cc3ccccn3)c(=O)c2c1C. The monoisotopic (exact) mass is 494 g/mol. The van der Waals surface area contributed by atoms with Crippen LogP contribution in [-0.4, -0.2) is 19.5 Å². The van der Waals surface area contributed by atoms with E-state index in [9.17, 15) is 9.18 Å². The van der Waals surface area contributed by atoms with Crippen molar-refractivity contribution in [3.05, 3.63) is 92.0 Å². The average Bonchev–Trinajstić information content (AvgIpc) is 3.40. The molecule has 4 heterocycles. The molecular weight excluding hydrogens is 475 g/mol. The number of pyridine rings is 1.